The molecule has 2 nitrogen and oxygen atoms in total. The molecule has 0 atom stereocenters. The first-order valence-corrected chi connectivity index (χ1v) is 4.43. The highest BCUT2D eigenvalue weighted by Crippen LogP contribution is 2.13. The molecule has 62 valence electrons. The van der Waals surface area contributed by atoms with E-state index in [1.54, 1.807) is 0 Å². The minimum absolute atomic E-state index is 0.486. The topological polar surface area (TPSA) is 17.8 Å². The van der Waals surface area contributed by atoms with Crippen molar-refractivity contribution in [2.24, 2.45) is 0 Å². The highest BCUT2D eigenvalue weighted by atomic mass is 32.1. The van der Waals surface area contributed by atoms with E-state index in [-0.39, 0.29) is 0 Å². The molecule has 0 aliphatic heterocycles. The smallest absolute Gasteiger partial charge is 0.105 e. The van der Waals surface area contributed by atoms with Gasteiger partial charge in [0.05, 0.1) is 0 Å². The van der Waals surface area contributed by atoms with Gasteiger partial charge in [-0.05, 0) is 20.8 Å². The van der Waals surface area contributed by atoms with Crippen molar-refractivity contribution in [1.29, 1.82) is 0 Å². The second-order valence-electron chi connectivity index (χ2n) is 2.92. The normalized spacial score (nSPS) is 11.0. The molecule has 0 N–H and O–H groups in total. The summed E-state index contributed by atoms with van der Waals surface area (Å²) in [5.74, 6) is 1.84. The van der Waals surface area contributed by atoms with Gasteiger partial charge in [0.15, 0.2) is 0 Å². The summed E-state index contributed by atoms with van der Waals surface area (Å²) in [6.07, 6.45) is 1.89. The minimum Gasteiger partial charge on any atom is -0.329 e. The zero-order valence-electron chi connectivity index (χ0n) is 7.20. The van der Waals surface area contributed by atoms with Gasteiger partial charge < -0.3 is 4.57 Å². The highest BCUT2D eigenvalue weighted by Gasteiger charge is 2.06. The molecular weight excluding hydrogens is 156 g/mol. The highest BCUT2D eigenvalue weighted by molar-refractivity contribution is 7.79. The first kappa shape index (κ1) is 8.65. The van der Waals surface area contributed by atoms with E-state index in [4.69, 9.17) is 0 Å². The molecule has 3 heteroatoms. The number of imidazole rings is 1. The first-order valence-electron chi connectivity index (χ1n) is 3.80. The van der Waals surface area contributed by atoms with Gasteiger partial charge in [-0.25, -0.2) is 4.98 Å². The van der Waals surface area contributed by atoms with Crippen LogP contribution < -0.4 is 0 Å². The Morgan fingerprint density at radius 1 is 1.64 bits per heavy atom. The predicted molar refractivity (Wildman–Crippen MR) is 50.0 cm³/mol. The number of thiol groups is 1. The molecule has 0 spiro atoms. The molecule has 0 aromatic carbocycles. The molecule has 1 aromatic rings. The fourth-order valence-corrected chi connectivity index (χ4v) is 1.56. The van der Waals surface area contributed by atoms with Crippen LogP contribution in [0.2, 0.25) is 0 Å². The number of aryl methyl sites for hydroxylation is 1. The van der Waals surface area contributed by atoms with Crippen LogP contribution in [-0.4, -0.2) is 9.55 Å². The summed E-state index contributed by atoms with van der Waals surface area (Å²) < 4.78 is 2.20. The van der Waals surface area contributed by atoms with Crippen LogP contribution in [0.3, 0.4) is 0 Å². The summed E-state index contributed by atoms with van der Waals surface area (Å²) in [6.45, 7) is 6.33. The van der Waals surface area contributed by atoms with Crippen LogP contribution in [0.4, 0.5) is 0 Å². The van der Waals surface area contributed by atoms with Crippen molar-refractivity contribution < 1.29 is 0 Å². The maximum atomic E-state index is 4.23. The Balaban J connectivity index is 3.07. The zero-order chi connectivity index (χ0) is 8.43. The molecule has 0 saturated carbocycles. The Labute approximate surface area is 73.0 Å². The number of nitrogens with zero attached hydrogens (tertiary/aromatic N) is 2. The molecule has 0 bridgehead atoms. The third kappa shape index (κ3) is 1.59. The largest absolute Gasteiger partial charge is 0.329 e. The van der Waals surface area contributed by atoms with E-state index in [9.17, 15) is 0 Å². The van der Waals surface area contributed by atoms with Crippen molar-refractivity contribution in [3.63, 3.8) is 0 Å². The summed E-state index contributed by atoms with van der Waals surface area (Å²) in [5, 5.41) is 0. The summed E-state index contributed by atoms with van der Waals surface area (Å²) in [7, 11) is 0. The molecular formula is C8H14N2S. The molecule has 0 aliphatic carbocycles. The number of rotatable bonds is 2. The van der Waals surface area contributed by atoms with Crippen LogP contribution in [0.5, 0.6) is 0 Å². The van der Waals surface area contributed by atoms with E-state index in [0.717, 1.165) is 11.6 Å². The Hall–Kier alpha value is -0.440. The zero-order valence-corrected chi connectivity index (χ0v) is 8.10. The van der Waals surface area contributed by atoms with Gasteiger partial charge in [0.1, 0.15) is 5.82 Å². The molecule has 0 saturated heterocycles. The van der Waals surface area contributed by atoms with Gasteiger partial charge in [-0.15, -0.1) is 0 Å². The molecule has 1 heterocycles. The number of hydrogen-bond donors (Lipinski definition) is 1. The Morgan fingerprint density at radius 3 is 2.64 bits per heavy atom. The van der Waals surface area contributed by atoms with Crippen molar-refractivity contribution >= 4 is 12.6 Å². The van der Waals surface area contributed by atoms with Crippen molar-refractivity contribution in [1.82, 2.24) is 9.55 Å². The standard InChI is InChI=1S/C8H14N2S/c1-6(2)10-7(3)9-4-8(10)5-11/h4,6,11H,5H2,1-3H3. The van der Waals surface area contributed by atoms with Crippen LogP contribution in [0, 0.1) is 6.92 Å². The molecule has 0 amide bonds. The second kappa shape index (κ2) is 3.30. The third-order valence-corrected chi connectivity index (χ3v) is 2.06. The Kier molecular flexibility index (Phi) is 2.60. The average molecular weight is 170 g/mol. The molecule has 0 fully saturated rings. The van der Waals surface area contributed by atoms with Crippen molar-refractivity contribution in [3.05, 3.63) is 17.7 Å². The van der Waals surface area contributed by atoms with Gasteiger partial charge >= 0.3 is 0 Å². The van der Waals surface area contributed by atoms with E-state index >= 15 is 0 Å². The van der Waals surface area contributed by atoms with E-state index in [1.165, 1.54) is 5.69 Å². The monoisotopic (exact) mass is 170 g/mol. The van der Waals surface area contributed by atoms with Crippen LogP contribution in [0.15, 0.2) is 6.20 Å². The Bertz CT molecular complexity index is 240. The van der Waals surface area contributed by atoms with E-state index < -0.39 is 0 Å². The van der Waals surface area contributed by atoms with E-state index in [2.05, 4.69) is 36.0 Å². The van der Waals surface area contributed by atoms with Crippen LogP contribution in [0.1, 0.15) is 31.4 Å². The summed E-state index contributed by atoms with van der Waals surface area (Å²) in [6, 6.07) is 0.486. The van der Waals surface area contributed by atoms with Gasteiger partial charge in [0, 0.05) is 23.7 Å². The lowest BCUT2D eigenvalue weighted by atomic mass is 10.3. The average Bonchev–Trinajstić information content (AvgIpc) is 2.30. The molecule has 1 rings (SSSR count). The maximum Gasteiger partial charge on any atom is 0.105 e. The van der Waals surface area contributed by atoms with Crippen molar-refractivity contribution in [3.8, 4) is 0 Å². The summed E-state index contributed by atoms with van der Waals surface area (Å²) in [5.41, 5.74) is 1.20. The van der Waals surface area contributed by atoms with Gasteiger partial charge in [-0.1, -0.05) is 0 Å². The predicted octanol–water partition coefficient (Wildman–Crippen LogP) is 2.20. The first-order chi connectivity index (χ1) is 5.16. The van der Waals surface area contributed by atoms with Gasteiger partial charge in [-0.3, -0.25) is 0 Å². The van der Waals surface area contributed by atoms with Gasteiger partial charge in [-0.2, -0.15) is 12.6 Å². The fraction of sp³-hybridized carbons (Fsp3) is 0.625. The molecule has 0 unspecified atom stereocenters. The van der Waals surface area contributed by atoms with Crippen LogP contribution >= 0.6 is 12.6 Å². The third-order valence-electron chi connectivity index (χ3n) is 1.74. The summed E-state index contributed by atoms with van der Waals surface area (Å²) in [4.78, 5) is 4.22. The van der Waals surface area contributed by atoms with Gasteiger partial charge in [0.2, 0.25) is 0 Å². The van der Waals surface area contributed by atoms with Crippen LogP contribution in [0.25, 0.3) is 0 Å². The summed E-state index contributed by atoms with van der Waals surface area (Å²) >= 11 is 4.23. The fourth-order valence-electron chi connectivity index (χ4n) is 1.32. The van der Waals surface area contributed by atoms with E-state index in [0.29, 0.717) is 6.04 Å². The quantitative estimate of drug-likeness (QED) is 0.674. The molecule has 11 heavy (non-hydrogen) atoms. The van der Waals surface area contributed by atoms with Crippen LogP contribution in [-0.2, 0) is 5.75 Å². The lowest BCUT2D eigenvalue weighted by Gasteiger charge is -2.12. The Morgan fingerprint density at radius 2 is 2.27 bits per heavy atom. The number of hydrogen-bond acceptors (Lipinski definition) is 2. The molecule has 1 aromatic heterocycles. The second-order valence-corrected chi connectivity index (χ2v) is 3.23. The van der Waals surface area contributed by atoms with E-state index in [1.807, 2.05) is 13.1 Å². The number of aromatic nitrogens is 2. The minimum atomic E-state index is 0.486. The van der Waals surface area contributed by atoms with Gasteiger partial charge in [0.25, 0.3) is 0 Å². The SMILES string of the molecule is Cc1ncc(CS)n1C(C)C. The lowest BCUT2D eigenvalue weighted by Crippen LogP contribution is -2.06. The maximum absolute atomic E-state index is 4.23. The van der Waals surface area contributed by atoms with Crippen molar-refractivity contribution in [2.75, 3.05) is 0 Å². The molecule has 0 radical (unpaired) electrons. The molecule has 0 aliphatic rings. The van der Waals surface area contributed by atoms with Crippen molar-refractivity contribution in [2.45, 2.75) is 32.6 Å². The lowest BCUT2D eigenvalue weighted by molar-refractivity contribution is 0.568.